The average Bonchev–Trinajstić information content (AvgIpc) is 3.67. The summed E-state index contributed by atoms with van der Waals surface area (Å²) in [5.41, 5.74) is 6.71. The second kappa shape index (κ2) is 27.2. The maximum Gasteiger partial charge on any atom is 1.00 e. The average molecular weight is 1100 g/mol. The van der Waals surface area contributed by atoms with Gasteiger partial charge in [0.25, 0.3) is 0 Å². The van der Waals surface area contributed by atoms with E-state index in [1.54, 1.807) is 42.5 Å². The van der Waals surface area contributed by atoms with Crippen LogP contribution in [0.4, 0.5) is 37.3 Å². The molecular weight excluding hydrogens is 1030 g/mol. The van der Waals surface area contributed by atoms with Crippen LogP contribution in [0.5, 0.6) is 11.6 Å². The molecule has 8 rings (SSSR count). The molecule has 2 aromatic heterocycles. The third-order valence-corrected chi connectivity index (χ3v) is 14.6. The van der Waals surface area contributed by atoms with Crippen molar-refractivity contribution in [2.45, 2.75) is 109 Å². The molecule has 25 heteroatoms. The Morgan fingerprint density at radius 1 is 0.912 bits per heavy atom. The number of anilines is 4. The molecule has 1 saturated carbocycles. The van der Waals surface area contributed by atoms with Crippen LogP contribution in [0.25, 0.3) is 11.3 Å². The first-order valence-corrected chi connectivity index (χ1v) is 26.7. The molecule has 2 bridgehead atoms. The minimum atomic E-state index is -1.70. The number of carboxylic acids is 1. The van der Waals surface area contributed by atoms with E-state index in [1.807, 2.05) is 63.2 Å². The number of nitrogens with zero attached hydrogens (tertiary/aromatic N) is 7. The van der Waals surface area contributed by atoms with Crippen LogP contribution in [-0.4, -0.2) is 157 Å². The van der Waals surface area contributed by atoms with E-state index in [-0.39, 0.29) is 94.5 Å². The molecule has 3 unspecified atom stereocenters. The van der Waals surface area contributed by atoms with Crippen molar-refractivity contribution in [2.75, 3.05) is 86.8 Å². The molecule has 4 aliphatic rings. The van der Waals surface area contributed by atoms with E-state index in [2.05, 4.69) is 58.1 Å². The number of urea groups is 1. The third-order valence-electron chi connectivity index (χ3n) is 14.6. The molecule has 3 saturated heterocycles. The summed E-state index contributed by atoms with van der Waals surface area (Å²) in [5, 5.41) is 31.6. The van der Waals surface area contributed by atoms with Gasteiger partial charge in [0, 0.05) is 100 Å². The number of amides is 6. The molecule has 4 aromatic rings. The number of aliphatic carboxylic acids is 1. The van der Waals surface area contributed by atoms with Gasteiger partial charge >= 0.3 is 37.1 Å². The second-order valence-electron chi connectivity index (χ2n) is 21.3. The fourth-order valence-electron chi connectivity index (χ4n) is 10.3. The number of ether oxygens (including phenoxy) is 5. The Morgan fingerprint density at radius 3 is 2.31 bits per heavy atom. The Kier molecular flexibility index (Phi) is 20.5. The van der Waals surface area contributed by atoms with Gasteiger partial charge in [-0.25, -0.2) is 19.4 Å². The van der Waals surface area contributed by atoms with Crippen molar-refractivity contribution >= 4 is 58.9 Å². The summed E-state index contributed by atoms with van der Waals surface area (Å²) in [4.78, 5) is 89.2. The van der Waals surface area contributed by atoms with Crippen LogP contribution in [0.15, 0.2) is 72.9 Å². The van der Waals surface area contributed by atoms with Crippen LogP contribution in [0.3, 0.4) is 0 Å². The summed E-state index contributed by atoms with van der Waals surface area (Å²) in [5.74, 6) is -1.63. The zero-order valence-corrected chi connectivity index (χ0v) is 46.4. The number of carboxylic acid groups (broad SMARTS) is 1. The Labute approximate surface area is 477 Å². The van der Waals surface area contributed by atoms with E-state index in [1.165, 1.54) is 0 Å². The first-order chi connectivity index (χ1) is 37.9. The molecule has 4 atom stereocenters. The van der Waals surface area contributed by atoms with Crippen molar-refractivity contribution in [3.63, 3.8) is 0 Å². The van der Waals surface area contributed by atoms with Gasteiger partial charge in [-0.1, -0.05) is 30.7 Å². The predicted octanol–water partition coefficient (Wildman–Crippen LogP) is 1.24. The van der Waals surface area contributed by atoms with Gasteiger partial charge in [-0.3, -0.25) is 19.8 Å². The molecule has 3 aliphatic heterocycles. The molecular formula is C55H71LiN12O12. The number of carbonyl (C=O) groups is 6. The molecule has 5 heterocycles. The van der Waals surface area contributed by atoms with Crippen LogP contribution in [-0.2, 0) is 35.2 Å². The number of nitrogens with two attached hydrogens (primary N) is 1. The first-order valence-electron chi connectivity index (χ1n) is 26.7. The molecule has 24 nitrogen and oxygen atoms in total. The number of carbonyl (C=O) groups excluding carboxylic acids is 6. The smallest absolute Gasteiger partial charge is 0.549 e. The molecule has 0 radical (unpaired) electrons. The number of aromatic nitrogens is 3. The van der Waals surface area contributed by atoms with Crippen molar-refractivity contribution in [1.82, 2.24) is 35.6 Å². The molecule has 6 amide bonds. The summed E-state index contributed by atoms with van der Waals surface area (Å²) < 4.78 is 28.6. The fraction of sp³-hybridized carbons (Fsp3) is 0.509. The zero-order valence-electron chi connectivity index (χ0n) is 46.4. The quantitative estimate of drug-likeness (QED) is 0.0320. The van der Waals surface area contributed by atoms with Crippen LogP contribution in [0.2, 0.25) is 0 Å². The summed E-state index contributed by atoms with van der Waals surface area (Å²) in [7, 11) is 1.54. The molecule has 80 heavy (non-hydrogen) atoms. The fourth-order valence-corrected chi connectivity index (χ4v) is 10.3. The number of hydrogen-bond donors (Lipinski definition) is 5. The van der Waals surface area contributed by atoms with Gasteiger partial charge in [0.2, 0.25) is 17.7 Å². The standard InChI is InChI=1S/C55H72N12O12.Li/c1-35-30-65(53(74)79-54(2,3)4)25-24-64(35)26-27-76-46-28-38(19-23-57-46)67-39-17-18-40(67)32-66(31-39)44-29-43(41-10-6-7-12-45(41)78-34-75-5)62-63-47(44)61-52(73)77-33-36-13-15-37(16-14-36)59-48(68)42(11-8-22-58-51(56)72)60-49(69)55(50(70)71)20-9-21-55;/h6-7,10,12-16,19,23,28-29,35,39-40,42H,8-9,11,17-18,20-22,24-27,30-34H2,1-5H3,(H,59,68)(H,60,69)(H,70,71)(H3,56,58,72)(H,61,63,73);/q;+1/p-1/t35?,39?,40?,42-;/m0./s1. The van der Waals surface area contributed by atoms with Crippen molar-refractivity contribution in [3.8, 4) is 22.9 Å². The molecule has 0 spiro atoms. The summed E-state index contributed by atoms with van der Waals surface area (Å²) in [6.45, 7) is 11.9. The Hall–Kier alpha value is -7.39. The Morgan fingerprint density at radius 2 is 1.65 bits per heavy atom. The minimum Gasteiger partial charge on any atom is -0.549 e. The second-order valence-corrected chi connectivity index (χ2v) is 21.3. The van der Waals surface area contributed by atoms with Gasteiger partial charge in [0.05, 0.1) is 22.8 Å². The normalized spacial score (nSPS) is 18.8. The Balaban J connectivity index is 0.00000924. The van der Waals surface area contributed by atoms with E-state index in [4.69, 9.17) is 29.4 Å². The molecule has 2 aromatic carbocycles. The largest absolute Gasteiger partial charge is 1.00 e. The van der Waals surface area contributed by atoms with Crippen molar-refractivity contribution in [1.29, 1.82) is 0 Å². The molecule has 424 valence electrons. The predicted molar refractivity (Wildman–Crippen MR) is 289 cm³/mol. The van der Waals surface area contributed by atoms with E-state index >= 15 is 0 Å². The number of benzene rings is 2. The summed E-state index contributed by atoms with van der Waals surface area (Å²) in [6.07, 6.45) is 3.64. The maximum absolute atomic E-state index is 13.6. The maximum atomic E-state index is 13.6. The molecule has 1 aliphatic carbocycles. The summed E-state index contributed by atoms with van der Waals surface area (Å²) in [6, 6.07) is 18.3. The topological polar surface area (TPSA) is 297 Å². The van der Waals surface area contributed by atoms with Gasteiger partial charge in [-0.2, -0.15) is 0 Å². The van der Waals surface area contributed by atoms with Gasteiger partial charge < -0.3 is 70.0 Å². The number of pyridine rings is 1. The number of rotatable bonds is 22. The monoisotopic (exact) mass is 1100 g/mol. The first kappa shape index (κ1) is 60.3. The number of para-hydroxylation sites is 1. The van der Waals surface area contributed by atoms with E-state index in [0.29, 0.717) is 92.1 Å². The van der Waals surface area contributed by atoms with Crippen molar-refractivity contribution < 1.29 is 76.4 Å². The minimum absolute atomic E-state index is 0. The van der Waals surface area contributed by atoms with E-state index < -0.39 is 47.0 Å². The van der Waals surface area contributed by atoms with Crippen LogP contribution >= 0.6 is 0 Å². The third kappa shape index (κ3) is 15.3. The van der Waals surface area contributed by atoms with E-state index in [0.717, 1.165) is 18.5 Å². The van der Waals surface area contributed by atoms with Crippen molar-refractivity contribution in [2.24, 2.45) is 11.1 Å². The number of methoxy groups -OCH3 is 1. The molecule has 4 fully saturated rings. The number of piperazine rings is 2. The van der Waals surface area contributed by atoms with Crippen LogP contribution in [0, 0.1) is 5.41 Å². The van der Waals surface area contributed by atoms with E-state index in [9.17, 15) is 33.9 Å². The van der Waals surface area contributed by atoms with Gasteiger partial charge in [0.15, 0.2) is 12.6 Å². The zero-order chi connectivity index (χ0) is 56.3. The Bertz CT molecular complexity index is 2810. The molecule has 6 N–H and O–H groups in total. The number of nitrogens with one attached hydrogen (secondary N) is 4. The summed E-state index contributed by atoms with van der Waals surface area (Å²) >= 11 is 0. The van der Waals surface area contributed by atoms with Crippen LogP contribution in [0.1, 0.15) is 78.2 Å². The van der Waals surface area contributed by atoms with Gasteiger partial charge in [-0.05, 0) is 108 Å². The number of primary amides is 1. The van der Waals surface area contributed by atoms with Gasteiger partial charge in [-0.15, -0.1) is 10.2 Å². The number of fused-ring (bicyclic) bond motifs is 2. The number of hydrogen-bond acceptors (Lipinski definition) is 18. The van der Waals surface area contributed by atoms with Crippen molar-refractivity contribution in [3.05, 3.63) is 78.5 Å². The van der Waals surface area contributed by atoms with Crippen LogP contribution < -0.4 is 70.2 Å². The SMILES string of the molecule is COCOc1ccccc1-c1cc(N2CC3CCC(C2)N3c2ccnc(OCCN3CCN(C(=O)OC(C)(C)C)CC3C)c2)c(NC(=O)OCc2ccc(NC(=O)[C@H](CCCNC(N)=O)NC(=O)C3(C(=O)[O-])CCC3)cc2)nn1.[Li+]. The van der Waals surface area contributed by atoms with Gasteiger partial charge in [0.1, 0.15) is 30.6 Å².